The van der Waals surface area contributed by atoms with E-state index in [4.69, 9.17) is 14.2 Å². The Kier molecular flexibility index (Phi) is 5.82. The summed E-state index contributed by atoms with van der Waals surface area (Å²) in [4.78, 5) is 10.9. The smallest absolute Gasteiger partial charge is 0.157 e. The van der Waals surface area contributed by atoms with Gasteiger partial charge in [-0.2, -0.15) is 0 Å². The van der Waals surface area contributed by atoms with Gasteiger partial charge < -0.3 is 14.2 Å². The van der Waals surface area contributed by atoms with E-state index in [0.29, 0.717) is 31.1 Å². The molecule has 0 aromatic heterocycles. The van der Waals surface area contributed by atoms with Crippen LogP contribution in [0, 0.1) is 0 Å². The number of hydrogen-bond acceptors (Lipinski definition) is 4. The predicted octanol–water partition coefficient (Wildman–Crippen LogP) is 3.18. The maximum atomic E-state index is 10.9. The molecule has 1 aliphatic heterocycles. The molecule has 0 radical (unpaired) electrons. The van der Waals surface area contributed by atoms with E-state index in [-0.39, 0.29) is 6.29 Å². The van der Waals surface area contributed by atoms with Crippen LogP contribution in [-0.2, 0) is 9.47 Å². The van der Waals surface area contributed by atoms with Crippen LogP contribution in [0.3, 0.4) is 0 Å². The fourth-order valence-electron chi connectivity index (χ4n) is 1.90. The fraction of sp³-hybridized carbons (Fsp3) is 0.500. The molecule has 0 N–H and O–H groups in total. The first kappa shape index (κ1) is 14.5. The van der Waals surface area contributed by atoms with E-state index in [9.17, 15) is 4.79 Å². The molecule has 2 rings (SSSR count). The molecule has 1 aromatic rings. The van der Waals surface area contributed by atoms with E-state index in [1.54, 1.807) is 6.07 Å². The summed E-state index contributed by atoms with van der Waals surface area (Å²) in [6, 6.07) is 5.38. The molecule has 0 spiro atoms. The molecule has 1 aromatic carbocycles. The van der Waals surface area contributed by atoms with Crippen LogP contribution in [0.2, 0.25) is 0 Å². The molecule has 1 fully saturated rings. The molecule has 0 aliphatic carbocycles. The number of hydrogen-bond donors (Lipinski definition) is 0. The van der Waals surface area contributed by atoms with Crippen LogP contribution in [0.1, 0.15) is 29.6 Å². The van der Waals surface area contributed by atoms with E-state index in [0.717, 1.165) is 30.0 Å². The largest absolute Gasteiger partial charge is 0.493 e. The average molecular weight is 329 g/mol. The monoisotopic (exact) mass is 328 g/mol. The second-order valence-corrected chi connectivity index (χ2v) is 5.23. The third kappa shape index (κ3) is 4.60. The Hall–Kier alpha value is -0.910. The van der Waals surface area contributed by atoms with Gasteiger partial charge in [0.25, 0.3) is 0 Å². The van der Waals surface area contributed by atoms with Crippen molar-refractivity contribution in [2.75, 3.05) is 19.8 Å². The van der Waals surface area contributed by atoms with Gasteiger partial charge in [-0.15, -0.1) is 0 Å². The topological polar surface area (TPSA) is 44.8 Å². The molecule has 0 atom stereocenters. The third-order valence-corrected chi connectivity index (χ3v) is 3.38. The number of aldehydes is 1. The summed E-state index contributed by atoms with van der Waals surface area (Å²) >= 11 is 3.36. The minimum absolute atomic E-state index is 0.0450. The first-order valence-corrected chi connectivity index (χ1v) is 7.19. The van der Waals surface area contributed by atoms with Gasteiger partial charge in [-0.25, -0.2) is 0 Å². The van der Waals surface area contributed by atoms with E-state index in [1.165, 1.54) is 0 Å². The van der Waals surface area contributed by atoms with Crippen molar-refractivity contribution in [3.05, 3.63) is 28.2 Å². The molecule has 0 amide bonds. The van der Waals surface area contributed by atoms with Crippen molar-refractivity contribution in [3.63, 3.8) is 0 Å². The molecule has 104 valence electrons. The Morgan fingerprint density at radius 2 is 2.11 bits per heavy atom. The number of unbranched alkanes of at least 4 members (excludes halogenated alkanes) is 1. The van der Waals surface area contributed by atoms with Crippen molar-refractivity contribution >= 4 is 22.2 Å². The minimum atomic E-state index is -0.0450. The van der Waals surface area contributed by atoms with Gasteiger partial charge in [0.05, 0.1) is 25.4 Å². The summed E-state index contributed by atoms with van der Waals surface area (Å²) in [5.74, 6) is 0.623. The number of carbonyl (C=O) groups excluding carboxylic acids is 1. The molecular formula is C14H17BrO4. The highest BCUT2D eigenvalue weighted by Crippen LogP contribution is 2.22. The second-order valence-electron chi connectivity index (χ2n) is 4.32. The highest BCUT2D eigenvalue weighted by Gasteiger charge is 2.14. The lowest BCUT2D eigenvalue weighted by molar-refractivity contribution is -0.0482. The number of rotatable bonds is 7. The minimum Gasteiger partial charge on any atom is -0.493 e. The maximum absolute atomic E-state index is 10.9. The van der Waals surface area contributed by atoms with Crippen LogP contribution in [0.4, 0.5) is 0 Å². The van der Waals surface area contributed by atoms with Gasteiger partial charge in [0.2, 0.25) is 0 Å². The SMILES string of the molecule is O=Cc1ccc(Br)cc1OCCCCC1OCCO1. The maximum Gasteiger partial charge on any atom is 0.157 e. The molecule has 19 heavy (non-hydrogen) atoms. The van der Waals surface area contributed by atoms with Gasteiger partial charge in [0.15, 0.2) is 12.6 Å². The molecule has 4 nitrogen and oxygen atoms in total. The summed E-state index contributed by atoms with van der Waals surface area (Å²) in [6.07, 6.45) is 3.55. The molecule has 0 saturated carbocycles. The van der Waals surface area contributed by atoms with Gasteiger partial charge in [-0.3, -0.25) is 4.79 Å². The summed E-state index contributed by atoms with van der Waals surface area (Å²) in [5, 5.41) is 0. The second kappa shape index (κ2) is 7.62. The highest BCUT2D eigenvalue weighted by molar-refractivity contribution is 9.10. The van der Waals surface area contributed by atoms with E-state index < -0.39 is 0 Å². The lowest BCUT2D eigenvalue weighted by Gasteiger charge is -2.10. The number of benzene rings is 1. The molecule has 0 unspecified atom stereocenters. The van der Waals surface area contributed by atoms with Crippen molar-refractivity contribution in [2.45, 2.75) is 25.6 Å². The molecule has 1 heterocycles. The van der Waals surface area contributed by atoms with E-state index in [2.05, 4.69) is 15.9 Å². The van der Waals surface area contributed by atoms with Crippen LogP contribution in [0.25, 0.3) is 0 Å². The van der Waals surface area contributed by atoms with Crippen molar-refractivity contribution in [3.8, 4) is 5.75 Å². The van der Waals surface area contributed by atoms with Crippen LogP contribution in [-0.4, -0.2) is 32.4 Å². The molecule has 5 heteroatoms. The number of carbonyl (C=O) groups is 1. The highest BCUT2D eigenvalue weighted by atomic mass is 79.9. The summed E-state index contributed by atoms with van der Waals surface area (Å²) < 4.78 is 17.2. The Balaban J connectivity index is 1.70. The first-order chi connectivity index (χ1) is 9.29. The normalized spacial score (nSPS) is 15.6. The lowest BCUT2D eigenvalue weighted by Crippen LogP contribution is -2.08. The van der Waals surface area contributed by atoms with Crippen LogP contribution in [0.15, 0.2) is 22.7 Å². The van der Waals surface area contributed by atoms with Crippen LogP contribution < -0.4 is 4.74 Å². The zero-order chi connectivity index (χ0) is 13.5. The van der Waals surface area contributed by atoms with E-state index in [1.807, 2.05) is 12.1 Å². The molecule has 1 aliphatic rings. The standard InChI is InChI=1S/C14H17BrO4/c15-12-5-4-11(10-16)13(9-12)17-6-2-1-3-14-18-7-8-19-14/h4-5,9-10,14H,1-3,6-8H2. The van der Waals surface area contributed by atoms with Gasteiger partial charge >= 0.3 is 0 Å². The third-order valence-electron chi connectivity index (χ3n) is 2.89. The molecular weight excluding hydrogens is 312 g/mol. The van der Waals surface area contributed by atoms with Crippen molar-refractivity contribution < 1.29 is 19.0 Å². The Bertz CT molecular complexity index is 416. The summed E-state index contributed by atoms with van der Waals surface area (Å²) in [6.45, 7) is 1.98. The molecule has 0 bridgehead atoms. The zero-order valence-corrected chi connectivity index (χ0v) is 12.2. The Labute approximate surface area is 121 Å². The summed E-state index contributed by atoms with van der Waals surface area (Å²) in [7, 11) is 0. The van der Waals surface area contributed by atoms with Crippen molar-refractivity contribution in [1.82, 2.24) is 0 Å². The predicted molar refractivity (Wildman–Crippen MR) is 74.6 cm³/mol. The van der Waals surface area contributed by atoms with Crippen molar-refractivity contribution in [1.29, 1.82) is 0 Å². The van der Waals surface area contributed by atoms with Crippen LogP contribution >= 0.6 is 15.9 Å². The van der Waals surface area contributed by atoms with Crippen molar-refractivity contribution in [2.24, 2.45) is 0 Å². The lowest BCUT2D eigenvalue weighted by atomic mass is 10.2. The zero-order valence-electron chi connectivity index (χ0n) is 10.6. The number of ether oxygens (including phenoxy) is 3. The average Bonchev–Trinajstić information content (AvgIpc) is 2.92. The van der Waals surface area contributed by atoms with Gasteiger partial charge in [0, 0.05) is 4.47 Å². The fourth-order valence-corrected chi connectivity index (χ4v) is 2.24. The first-order valence-electron chi connectivity index (χ1n) is 6.40. The van der Waals surface area contributed by atoms with Crippen LogP contribution in [0.5, 0.6) is 5.75 Å². The number of halogens is 1. The van der Waals surface area contributed by atoms with Gasteiger partial charge in [0.1, 0.15) is 5.75 Å². The Morgan fingerprint density at radius 3 is 2.84 bits per heavy atom. The summed E-state index contributed by atoms with van der Waals surface area (Å²) in [5.41, 5.74) is 0.575. The molecule has 1 saturated heterocycles. The quantitative estimate of drug-likeness (QED) is 0.569. The van der Waals surface area contributed by atoms with Gasteiger partial charge in [-0.1, -0.05) is 15.9 Å². The van der Waals surface area contributed by atoms with Gasteiger partial charge in [-0.05, 0) is 37.5 Å². The Morgan fingerprint density at radius 1 is 1.32 bits per heavy atom. The van der Waals surface area contributed by atoms with E-state index >= 15 is 0 Å².